The Hall–Kier alpha value is -2.60. The molecule has 3 aromatic rings. The number of sulfonamides is 1. The van der Waals surface area contributed by atoms with Gasteiger partial charge in [-0.15, -0.1) is 0 Å². The van der Waals surface area contributed by atoms with E-state index < -0.39 is 10.0 Å². The first kappa shape index (κ1) is 19.2. The number of hydrogen-bond donors (Lipinski definition) is 0. The number of hydrogen-bond acceptors (Lipinski definition) is 4. The van der Waals surface area contributed by atoms with Gasteiger partial charge >= 0.3 is 0 Å². The van der Waals surface area contributed by atoms with Gasteiger partial charge in [-0.2, -0.15) is 0 Å². The average molecular weight is 385 g/mol. The molecule has 5 nitrogen and oxygen atoms in total. The number of aryl methyl sites for hydroxylation is 3. The normalized spacial score (nSPS) is 11.6. The SMILES string of the molecule is CCc1ccc(-c2cc(C)no2)cc1S(=O)(=O)N(CC)c1cccc(C)c1. The minimum Gasteiger partial charge on any atom is -0.356 e. The average Bonchev–Trinajstić information content (AvgIpc) is 3.08. The topological polar surface area (TPSA) is 63.4 Å². The van der Waals surface area contributed by atoms with Crippen LogP contribution in [0, 0.1) is 13.8 Å². The van der Waals surface area contributed by atoms with Gasteiger partial charge < -0.3 is 4.52 Å². The van der Waals surface area contributed by atoms with E-state index in [9.17, 15) is 8.42 Å². The van der Waals surface area contributed by atoms with E-state index in [1.54, 1.807) is 12.1 Å². The molecule has 2 aromatic carbocycles. The van der Waals surface area contributed by atoms with Crippen molar-refractivity contribution in [2.75, 3.05) is 10.8 Å². The second-order valence-electron chi connectivity index (χ2n) is 6.52. The smallest absolute Gasteiger partial charge is 0.264 e. The lowest BCUT2D eigenvalue weighted by molar-refractivity contribution is 0.427. The molecule has 0 aliphatic rings. The van der Waals surface area contributed by atoms with Crippen LogP contribution in [0.25, 0.3) is 11.3 Å². The molecule has 0 fully saturated rings. The number of benzene rings is 2. The van der Waals surface area contributed by atoms with Crippen LogP contribution in [0.2, 0.25) is 0 Å². The van der Waals surface area contributed by atoms with E-state index in [2.05, 4.69) is 5.16 Å². The largest absolute Gasteiger partial charge is 0.356 e. The molecule has 3 rings (SSSR count). The van der Waals surface area contributed by atoms with E-state index in [1.807, 2.05) is 64.1 Å². The summed E-state index contributed by atoms with van der Waals surface area (Å²) in [5.74, 6) is 0.560. The third kappa shape index (κ3) is 3.76. The van der Waals surface area contributed by atoms with Crippen LogP contribution in [0.1, 0.15) is 30.7 Å². The molecule has 0 radical (unpaired) electrons. The first-order valence-electron chi connectivity index (χ1n) is 9.02. The van der Waals surface area contributed by atoms with Crippen LogP contribution in [0.3, 0.4) is 0 Å². The fraction of sp³-hybridized carbons (Fsp3) is 0.286. The van der Waals surface area contributed by atoms with E-state index in [0.717, 1.165) is 16.8 Å². The third-order valence-corrected chi connectivity index (χ3v) is 6.49. The lowest BCUT2D eigenvalue weighted by atomic mass is 10.1. The first-order chi connectivity index (χ1) is 12.9. The van der Waals surface area contributed by atoms with Gasteiger partial charge in [0.05, 0.1) is 16.3 Å². The molecule has 6 heteroatoms. The maximum atomic E-state index is 13.5. The van der Waals surface area contributed by atoms with Gasteiger partial charge in [0.2, 0.25) is 0 Å². The minimum atomic E-state index is -3.72. The van der Waals surface area contributed by atoms with Crippen molar-refractivity contribution in [3.63, 3.8) is 0 Å². The number of nitrogens with zero attached hydrogens (tertiary/aromatic N) is 2. The Labute approximate surface area is 160 Å². The molecule has 0 aliphatic heterocycles. The molecule has 0 unspecified atom stereocenters. The van der Waals surface area contributed by atoms with Crippen molar-refractivity contribution in [2.45, 2.75) is 39.0 Å². The minimum absolute atomic E-state index is 0.305. The summed E-state index contributed by atoms with van der Waals surface area (Å²) in [6, 6.07) is 14.7. The van der Waals surface area contributed by atoms with E-state index in [4.69, 9.17) is 4.52 Å². The highest BCUT2D eigenvalue weighted by molar-refractivity contribution is 7.92. The molecule has 0 aliphatic carbocycles. The van der Waals surface area contributed by atoms with Gasteiger partial charge in [-0.1, -0.05) is 36.3 Å². The summed E-state index contributed by atoms with van der Waals surface area (Å²) in [5, 5.41) is 3.90. The Morgan fingerprint density at radius 2 is 1.81 bits per heavy atom. The van der Waals surface area contributed by atoms with E-state index >= 15 is 0 Å². The summed E-state index contributed by atoms with van der Waals surface area (Å²) in [7, 11) is -3.72. The van der Waals surface area contributed by atoms with Gasteiger partial charge in [0.15, 0.2) is 5.76 Å². The van der Waals surface area contributed by atoms with Crippen LogP contribution >= 0.6 is 0 Å². The van der Waals surface area contributed by atoms with Crippen LogP contribution in [0.4, 0.5) is 5.69 Å². The van der Waals surface area contributed by atoms with Crippen molar-refractivity contribution in [3.05, 3.63) is 65.4 Å². The molecule has 0 saturated carbocycles. The number of anilines is 1. The molecule has 1 heterocycles. The molecule has 0 saturated heterocycles. The summed E-state index contributed by atoms with van der Waals surface area (Å²) >= 11 is 0. The standard InChI is InChI=1S/C21H24N2O3S/c1-5-17-10-11-18(20-13-16(4)22-26-20)14-21(17)27(24,25)23(6-2)19-9-7-8-15(3)12-19/h7-14H,5-6H2,1-4H3. The molecule has 0 spiro atoms. The van der Waals surface area contributed by atoms with Crippen LogP contribution < -0.4 is 4.31 Å². The Bertz CT molecular complexity index is 1050. The van der Waals surface area contributed by atoms with Gasteiger partial charge in [0.25, 0.3) is 10.0 Å². The van der Waals surface area contributed by atoms with Crippen molar-refractivity contribution in [2.24, 2.45) is 0 Å². The van der Waals surface area contributed by atoms with Gasteiger partial charge in [0, 0.05) is 18.2 Å². The third-order valence-electron chi connectivity index (χ3n) is 4.51. The van der Waals surface area contributed by atoms with Gasteiger partial charge in [-0.3, -0.25) is 4.31 Å². The maximum Gasteiger partial charge on any atom is 0.264 e. The Morgan fingerprint density at radius 1 is 1.04 bits per heavy atom. The lowest BCUT2D eigenvalue weighted by Crippen LogP contribution is -2.31. The zero-order chi connectivity index (χ0) is 19.6. The Morgan fingerprint density at radius 3 is 2.41 bits per heavy atom. The summed E-state index contributed by atoms with van der Waals surface area (Å²) in [6.45, 7) is 7.93. The highest BCUT2D eigenvalue weighted by Gasteiger charge is 2.27. The summed E-state index contributed by atoms with van der Waals surface area (Å²) in [5.41, 5.74) is 3.92. The predicted molar refractivity (Wildman–Crippen MR) is 107 cm³/mol. The molecule has 27 heavy (non-hydrogen) atoms. The zero-order valence-electron chi connectivity index (χ0n) is 16.1. The Kier molecular flexibility index (Phi) is 5.37. The van der Waals surface area contributed by atoms with E-state index in [-0.39, 0.29) is 0 Å². The molecular formula is C21H24N2O3S. The first-order valence-corrected chi connectivity index (χ1v) is 10.5. The van der Waals surface area contributed by atoms with Crippen LogP contribution in [0.15, 0.2) is 57.9 Å². The number of rotatable bonds is 6. The zero-order valence-corrected chi connectivity index (χ0v) is 16.9. The monoisotopic (exact) mass is 384 g/mol. The molecule has 0 amide bonds. The molecule has 1 aromatic heterocycles. The van der Waals surface area contributed by atoms with Crippen molar-refractivity contribution in [1.82, 2.24) is 5.16 Å². The van der Waals surface area contributed by atoms with Gasteiger partial charge in [-0.25, -0.2) is 8.42 Å². The van der Waals surface area contributed by atoms with Gasteiger partial charge in [0.1, 0.15) is 0 Å². The van der Waals surface area contributed by atoms with Gasteiger partial charge in [-0.05, 0) is 56.5 Å². The van der Waals surface area contributed by atoms with Crippen molar-refractivity contribution < 1.29 is 12.9 Å². The molecule has 142 valence electrons. The van der Waals surface area contributed by atoms with Crippen LogP contribution in [0.5, 0.6) is 0 Å². The Balaban J connectivity index is 2.14. The fourth-order valence-electron chi connectivity index (χ4n) is 3.13. The van der Waals surface area contributed by atoms with E-state index in [0.29, 0.717) is 34.9 Å². The van der Waals surface area contributed by atoms with E-state index in [1.165, 1.54) is 4.31 Å². The van der Waals surface area contributed by atoms with Crippen molar-refractivity contribution >= 4 is 15.7 Å². The molecular weight excluding hydrogens is 360 g/mol. The quantitative estimate of drug-likeness (QED) is 0.616. The summed E-state index contributed by atoms with van der Waals surface area (Å²) in [4.78, 5) is 0.305. The molecule has 0 bridgehead atoms. The van der Waals surface area contributed by atoms with Crippen LogP contribution in [-0.2, 0) is 16.4 Å². The highest BCUT2D eigenvalue weighted by atomic mass is 32.2. The second-order valence-corrected chi connectivity index (χ2v) is 8.35. The van der Waals surface area contributed by atoms with Crippen LogP contribution in [-0.4, -0.2) is 20.1 Å². The number of aromatic nitrogens is 1. The lowest BCUT2D eigenvalue weighted by Gasteiger charge is -2.24. The highest BCUT2D eigenvalue weighted by Crippen LogP contribution is 2.31. The second kappa shape index (κ2) is 7.56. The maximum absolute atomic E-state index is 13.5. The summed E-state index contributed by atoms with van der Waals surface area (Å²) in [6.07, 6.45) is 0.621. The predicted octanol–water partition coefficient (Wildman–Crippen LogP) is 4.74. The van der Waals surface area contributed by atoms with Crippen molar-refractivity contribution in [3.8, 4) is 11.3 Å². The molecule has 0 atom stereocenters. The summed E-state index contributed by atoms with van der Waals surface area (Å²) < 4.78 is 33.8. The fourth-order valence-corrected chi connectivity index (χ4v) is 4.92. The van der Waals surface area contributed by atoms with Crippen molar-refractivity contribution in [1.29, 1.82) is 0 Å². The molecule has 0 N–H and O–H groups in total.